The zero-order valence-corrected chi connectivity index (χ0v) is 25.7. The number of phenols is 1. The first-order valence-corrected chi connectivity index (χ1v) is 14.6. The minimum absolute atomic E-state index is 0.0512. The van der Waals surface area contributed by atoms with E-state index < -0.39 is 34.3 Å². The van der Waals surface area contributed by atoms with E-state index in [1.54, 1.807) is 17.3 Å². The molecule has 3 aromatic heterocycles. The van der Waals surface area contributed by atoms with Crippen molar-refractivity contribution in [3.05, 3.63) is 82.6 Å². The molecular formula is C33H36F2N6O3. The number of halogens is 2. The number of fused-ring (bicyclic) bond motifs is 1. The molecule has 1 amide bonds. The molecule has 1 aliphatic heterocycles. The summed E-state index contributed by atoms with van der Waals surface area (Å²) >= 11 is 0. The van der Waals surface area contributed by atoms with E-state index in [4.69, 9.17) is 0 Å². The van der Waals surface area contributed by atoms with Crippen LogP contribution in [0.5, 0.6) is 5.75 Å². The largest absolute Gasteiger partial charge is 0.507 e. The Labute approximate surface area is 254 Å². The van der Waals surface area contributed by atoms with Crippen molar-refractivity contribution in [2.75, 3.05) is 18.0 Å². The van der Waals surface area contributed by atoms with E-state index in [2.05, 4.69) is 21.5 Å². The maximum absolute atomic E-state index is 16.0. The summed E-state index contributed by atoms with van der Waals surface area (Å²) in [7, 11) is 0. The van der Waals surface area contributed by atoms with Gasteiger partial charge in [-0.05, 0) is 61.1 Å². The number of aromatic nitrogens is 4. The summed E-state index contributed by atoms with van der Waals surface area (Å²) in [5.74, 6) is -2.35. The highest BCUT2D eigenvalue weighted by Gasteiger charge is 2.34. The standard InChI is InChI=1S/C33H36F2N6O3/c1-8-27(43)39-15-20(7)40(16-19(39)6)31-21-12-25(35)29(28-24(34)10-9-11-26(28)42)37-32(21)41(33(44)38-31)30-22(17(2)3)13-36-14-23(30)18(4)5/h8-14,17-20,42H,1,15-16H2,2-7H3/t19-,20+/m1/s1. The van der Waals surface area contributed by atoms with Gasteiger partial charge in [0.2, 0.25) is 5.91 Å². The maximum atomic E-state index is 16.0. The van der Waals surface area contributed by atoms with E-state index in [1.807, 2.05) is 46.4 Å². The number of pyridine rings is 2. The molecule has 1 aromatic carbocycles. The second-order valence-corrected chi connectivity index (χ2v) is 11.9. The highest BCUT2D eigenvalue weighted by Crippen LogP contribution is 2.38. The highest BCUT2D eigenvalue weighted by atomic mass is 19.1. The summed E-state index contributed by atoms with van der Waals surface area (Å²) in [5.41, 5.74) is 0.597. The minimum Gasteiger partial charge on any atom is -0.507 e. The van der Waals surface area contributed by atoms with Crippen LogP contribution in [0.4, 0.5) is 14.6 Å². The Balaban J connectivity index is 1.88. The molecule has 0 aliphatic carbocycles. The van der Waals surface area contributed by atoms with E-state index >= 15 is 8.78 Å². The Bertz CT molecular complexity index is 1790. The van der Waals surface area contributed by atoms with Crippen molar-refractivity contribution < 1.29 is 18.7 Å². The zero-order chi connectivity index (χ0) is 32.0. The van der Waals surface area contributed by atoms with Gasteiger partial charge < -0.3 is 14.9 Å². The van der Waals surface area contributed by atoms with E-state index in [-0.39, 0.29) is 46.7 Å². The van der Waals surface area contributed by atoms with Gasteiger partial charge in [-0.25, -0.2) is 23.1 Å². The monoisotopic (exact) mass is 602 g/mol. The SMILES string of the molecule is C=CC(=O)N1C[C@H](C)N(c2nc(=O)n(-c3c(C(C)C)cncc3C(C)C)c3nc(-c4c(O)cccc4F)c(F)cc23)C[C@H]1C. The molecule has 0 unspecified atom stereocenters. The predicted molar refractivity (Wildman–Crippen MR) is 166 cm³/mol. The number of phenolic OH excluding ortho intramolecular Hbond substituents is 1. The fourth-order valence-electron chi connectivity index (χ4n) is 5.88. The van der Waals surface area contributed by atoms with Gasteiger partial charge in [-0.3, -0.25) is 9.78 Å². The third-order valence-electron chi connectivity index (χ3n) is 8.19. The number of anilines is 1. The Morgan fingerprint density at radius 2 is 1.68 bits per heavy atom. The molecular weight excluding hydrogens is 566 g/mol. The van der Waals surface area contributed by atoms with Crippen LogP contribution < -0.4 is 10.6 Å². The Hall–Kier alpha value is -4.67. The Morgan fingerprint density at radius 1 is 1.02 bits per heavy atom. The summed E-state index contributed by atoms with van der Waals surface area (Å²) < 4.78 is 32.4. The number of aromatic hydroxyl groups is 1. The molecule has 4 aromatic rings. The van der Waals surface area contributed by atoms with Crippen LogP contribution in [0.15, 0.2) is 54.1 Å². The van der Waals surface area contributed by atoms with Crippen LogP contribution in [0.2, 0.25) is 0 Å². The van der Waals surface area contributed by atoms with Gasteiger partial charge in [0.15, 0.2) is 11.5 Å². The molecule has 1 N–H and O–H groups in total. The van der Waals surface area contributed by atoms with E-state index in [0.717, 1.165) is 17.2 Å². The summed E-state index contributed by atoms with van der Waals surface area (Å²) in [6.45, 7) is 15.9. The third-order valence-corrected chi connectivity index (χ3v) is 8.19. The van der Waals surface area contributed by atoms with Gasteiger partial charge in [-0.2, -0.15) is 4.98 Å². The maximum Gasteiger partial charge on any atom is 0.355 e. The molecule has 230 valence electrons. The lowest BCUT2D eigenvalue weighted by Gasteiger charge is -2.44. The van der Waals surface area contributed by atoms with E-state index in [0.29, 0.717) is 18.8 Å². The van der Waals surface area contributed by atoms with Crippen molar-refractivity contribution in [3.8, 4) is 22.7 Å². The van der Waals surface area contributed by atoms with Crippen LogP contribution in [0, 0.1) is 11.6 Å². The van der Waals surface area contributed by atoms with Gasteiger partial charge in [0.25, 0.3) is 0 Å². The molecule has 0 bridgehead atoms. The molecule has 9 nitrogen and oxygen atoms in total. The number of carbonyl (C=O) groups excluding carboxylic acids is 1. The van der Waals surface area contributed by atoms with Crippen molar-refractivity contribution in [2.24, 2.45) is 0 Å². The molecule has 0 radical (unpaired) electrons. The van der Waals surface area contributed by atoms with Crippen molar-refractivity contribution in [3.63, 3.8) is 0 Å². The number of nitrogens with zero attached hydrogens (tertiary/aromatic N) is 6. The van der Waals surface area contributed by atoms with Crippen LogP contribution in [0.3, 0.4) is 0 Å². The van der Waals surface area contributed by atoms with Gasteiger partial charge in [0.05, 0.1) is 16.6 Å². The third kappa shape index (κ3) is 5.20. The number of carbonyl (C=O) groups is 1. The molecule has 44 heavy (non-hydrogen) atoms. The van der Waals surface area contributed by atoms with E-state index in [9.17, 15) is 14.7 Å². The van der Waals surface area contributed by atoms with Crippen LogP contribution in [-0.2, 0) is 4.79 Å². The van der Waals surface area contributed by atoms with Gasteiger partial charge in [-0.1, -0.05) is 40.3 Å². The average molecular weight is 603 g/mol. The summed E-state index contributed by atoms with van der Waals surface area (Å²) in [6, 6.07) is 4.30. The van der Waals surface area contributed by atoms with Gasteiger partial charge in [0.1, 0.15) is 23.1 Å². The van der Waals surface area contributed by atoms with E-state index in [1.165, 1.54) is 28.8 Å². The first kappa shape index (κ1) is 30.8. The number of benzene rings is 1. The number of hydrogen-bond donors (Lipinski definition) is 1. The average Bonchev–Trinajstić information content (AvgIpc) is 2.97. The highest BCUT2D eigenvalue weighted by molar-refractivity contribution is 5.91. The lowest BCUT2D eigenvalue weighted by molar-refractivity contribution is -0.128. The Morgan fingerprint density at radius 3 is 2.27 bits per heavy atom. The number of piperazine rings is 1. The molecule has 1 aliphatic rings. The molecule has 1 fully saturated rings. The molecule has 0 saturated carbocycles. The lowest BCUT2D eigenvalue weighted by Crippen LogP contribution is -2.58. The molecule has 2 atom stereocenters. The van der Waals surface area contributed by atoms with Crippen LogP contribution in [0.25, 0.3) is 28.0 Å². The molecule has 11 heteroatoms. The van der Waals surface area contributed by atoms with Crippen LogP contribution >= 0.6 is 0 Å². The van der Waals surface area contributed by atoms with Gasteiger partial charge >= 0.3 is 5.69 Å². The summed E-state index contributed by atoms with van der Waals surface area (Å²) in [5, 5.41) is 10.8. The normalized spacial score (nSPS) is 17.1. The molecule has 1 saturated heterocycles. The molecule has 5 rings (SSSR count). The second-order valence-electron chi connectivity index (χ2n) is 11.9. The summed E-state index contributed by atoms with van der Waals surface area (Å²) in [6.07, 6.45) is 4.63. The minimum atomic E-state index is -0.893. The second kappa shape index (κ2) is 11.8. The van der Waals surface area contributed by atoms with Gasteiger partial charge in [-0.15, -0.1) is 0 Å². The fraction of sp³-hybridized carbons (Fsp3) is 0.364. The number of rotatable bonds is 6. The van der Waals surface area contributed by atoms with Gasteiger partial charge in [0, 0.05) is 37.6 Å². The topological polar surface area (TPSA) is 104 Å². The van der Waals surface area contributed by atoms with Crippen molar-refractivity contribution in [2.45, 2.75) is 65.5 Å². The summed E-state index contributed by atoms with van der Waals surface area (Å²) in [4.78, 5) is 43.7. The quantitative estimate of drug-likeness (QED) is 0.283. The molecule has 0 spiro atoms. The number of hydrogen-bond acceptors (Lipinski definition) is 7. The number of amides is 1. The van der Waals surface area contributed by atoms with Crippen LogP contribution in [0.1, 0.15) is 64.5 Å². The smallest absolute Gasteiger partial charge is 0.355 e. The molecule has 4 heterocycles. The van der Waals surface area contributed by atoms with Crippen molar-refractivity contribution in [1.29, 1.82) is 0 Å². The Kier molecular flexibility index (Phi) is 8.24. The zero-order valence-electron chi connectivity index (χ0n) is 25.7. The van der Waals surface area contributed by atoms with Crippen molar-refractivity contribution in [1.82, 2.24) is 24.4 Å². The fourth-order valence-corrected chi connectivity index (χ4v) is 5.88. The first-order valence-electron chi connectivity index (χ1n) is 14.6. The predicted octanol–water partition coefficient (Wildman–Crippen LogP) is 5.68. The lowest BCUT2D eigenvalue weighted by atomic mass is 9.95. The van der Waals surface area contributed by atoms with Crippen molar-refractivity contribution >= 4 is 22.8 Å². The first-order chi connectivity index (χ1) is 20.8. The van der Waals surface area contributed by atoms with Crippen LogP contribution in [-0.4, -0.2) is 60.6 Å².